The molecule has 0 radical (unpaired) electrons. The highest BCUT2D eigenvalue weighted by Gasteiger charge is 2.28. The van der Waals surface area contributed by atoms with Crippen molar-refractivity contribution >= 4 is 23.2 Å². The van der Waals surface area contributed by atoms with Gasteiger partial charge in [0.05, 0.1) is 0 Å². The molecule has 1 unspecified atom stereocenters. The Morgan fingerprint density at radius 1 is 1.33 bits per heavy atom. The van der Waals surface area contributed by atoms with Gasteiger partial charge in [-0.15, -0.1) is 6.58 Å². The average molecular weight is 286 g/mol. The SMILES string of the molecule is C=CC1CC(=O)N(c2ccc(NC(=O)C(C)(C)C)cc2)C1. The molecule has 2 rings (SSSR count). The molecule has 0 bridgehead atoms. The van der Waals surface area contributed by atoms with E-state index in [2.05, 4.69) is 11.9 Å². The molecule has 1 saturated heterocycles. The number of benzene rings is 1. The fraction of sp³-hybridized carbons (Fsp3) is 0.412. The van der Waals surface area contributed by atoms with Gasteiger partial charge in [-0.25, -0.2) is 0 Å². The number of rotatable bonds is 3. The molecule has 4 heteroatoms. The Kier molecular flexibility index (Phi) is 4.16. The van der Waals surface area contributed by atoms with Crippen molar-refractivity contribution in [2.45, 2.75) is 27.2 Å². The summed E-state index contributed by atoms with van der Waals surface area (Å²) in [5.41, 5.74) is 1.17. The summed E-state index contributed by atoms with van der Waals surface area (Å²) in [4.78, 5) is 25.6. The molecule has 1 aromatic rings. The molecule has 1 N–H and O–H groups in total. The molecule has 1 aromatic carbocycles. The molecular formula is C17H22N2O2. The second kappa shape index (κ2) is 5.72. The van der Waals surface area contributed by atoms with Crippen LogP contribution in [0, 0.1) is 11.3 Å². The number of hydrogen-bond acceptors (Lipinski definition) is 2. The molecule has 112 valence electrons. The van der Waals surface area contributed by atoms with Gasteiger partial charge in [-0.3, -0.25) is 9.59 Å². The zero-order chi connectivity index (χ0) is 15.6. The predicted molar refractivity (Wildman–Crippen MR) is 85.2 cm³/mol. The van der Waals surface area contributed by atoms with Gasteiger partial charge in [-0.2, -0.15) is 0 Å². The quantitative estimate of drug-likeness (QED) is 0.867. The van der Waals surface area contributed by atoms with Gasteiger partial charge in [0.25, 0.3) is 0 Å². The predicted octanol–water partition coefficient (Wildman–Crippen LogP) is 3.21. The second-order valence-electron chi connectivity index (χ2n) is 6.46. The Morgan fingerprint density at radius 3 is 2.43 bits per heavy atom. The maximum absolute atomic E-state index is 11.9. The number of hydrogen-bond donors (Lipinski definition) is 1. The van der Waals surface area contributed by atoms with E-state index in [1.165, 1.54) is 0 Å². The molecule has 4 nitrogen and oxygen atoms in total. The standard InChI is InChI=1S/C17H22N2O2/c1-5-12-10-15(20)19(11-12)14-8-6-13(7-9-14)18-16(21)17(2,3)4/h5-9,12H,1,10-11H2,2-4H3,(H,18,21). The molecule has 0 spiro atoms. The van der Waals surface area contributed by atoms with Gasteiger partial charge in [-0.05, 0) is 24.3 Å². The van der Waals surface area contributed by atoms with Crippen molar-refractivity contribution in [2.24, 2.45) is 11.3 Å². The van der Waals surface area contributed by atoms with Crippen LogP contribution in [-0.4, -0.2) is 18.4 Å². The minimum absolute atomic E-state index is 0.0285. The first kappa shape index (κ1) is 15.3. The lowest BCUT2D eigenvalue weighted by Crippen LogP contribution is -2.27. The topological polar surface area (TPSA) is 49.4 Å². The lowest BCUT2D eigenvalue weighted by Gasteiger charge is -2.19. The average Bonchev–Trinajstić information content (AvgIpc) is 2.80. The third-order valence-corrected chi connectivity index (χ3v) is 3.61. The Hall–Kier alpha value is -2.10. The smallest absolute Gasteiger partial charge is 0.229 e. The molecule has 0 aliphatic carbocycles. The summed E-state index contributed by atoms with van der Waals surface area (Å²) in [5, 5.41) is 2.87. The van der Waals surface area contributed by atoms with E-state index < -0.39 is 5.41 Å². The molecule has 1 atom stereocenters. The molecule has 1 heterocycles. The number of carbonyl (C=O) groups excluding carboxylic acids is 2. The van der Waals surface area contributed by atoms with Crippen molar-refractivity contribution in [3.8, 4) is 0 Å². The van der Waals surface area contributed by atoms with Gasteiger partial charge in [0, 0.05) is 35.7 Å². The Morgan fingerprint density at radius 2 is 1.95 bits per heavy atom. The normalized spacial score (nSPS) is 18.7. The number of nitrogens with one attached hydrogen (secondary N) is 1. The van der Waals surface area contributed by atoms with Crippen molar-refractivity contribution in [1.82, 2.24) is 0 Å². The van der Waals surface area contributed by atoms with Crippen LogP contribution < -0.4 is 10.2 Å². The van der Waals surface area contributed by atoms with Crippen molar-refractivity contribution in [3.63, 3.8) is 0 Å². The van der Waals surface area contributed by atoms with Crippen LogP contribution in [0.1, 0.15) is 27.2 Å². The summed E-state index contributed by atoms with van der Waals surface area (Å²) < 4.78 is 0. The fourth-order valence-electron chi connectivity index (χ4n) is 2.19. The Bertz CT molecular complexity index is 555. The van der Waals surface area contributed by atoms with E-state index in [1.54, 1.807) is 4.90 Å². The van der Waals surface area contributed by atoms with E-state index in [4.69, 9.17) is 0 Å². The number of carbonyl (C=O) groups is 2. The first-order valence-corrected chi connectivity index (χ1v) is 7.15. The monoisotopic (exact) mass is 286 g/mol. The lowest BCUT2D eigenvalue weighted by atomic mass is 9.95. The number of amides is 2. The van der Waals surface area contributed by atoms with Gasteiger partial charge in [0.15, 0.2) is 0 Å². The van der Waals surface area contributed by atoms with Crippen molar-refractivity contribution in [3.05, 3.63) is 36.9 Å². The van der Waals surface area contributed by atoms with Crippen LogP contribution in [0.3, 0.4) is 0 Å². The van der Waals surface area contributed by atoms with Gasteiger partial charge < -0.3 is 10.2 Å². The minimum Gasteiger partial charge on any atom is -0.326 e. The van der Waals surface area contributed by atoms with E-state index in [-0.39, 0.29) is 17.7 Å². The van der Waals surface area contributed by atoms with E-state index >= 15 is 0 Å². The van der Waals surface area contributed by atoms with Crippen LogP contribution in [0.2, 0.25) is 0 Å². The van der Waals surface area contributed by atoms with Crippen LogP contribution in [0.4, 0.5) is 11.4 Å². The van der Waals surface area contributed by atoms with Gasteiger partial charge in [0.2, 0.25) is 11.8 Å². The highest BCUT2D eigenvalue weighted by molar-refractivity contribution is 5.97. The fourth-order valence-corrected chi connectivity index (χ4v) is 2.19. The van der Waals surface area contributed by atoms with Crippen molar-refractivity contribution < 1.29 is 9.59 Å². The van der Waals surface area contributed by atoms with E-state index in [0.717, 1.165) is 11.4 Å². The molecular weight excluding hydrogens is 264 g/mol. The number of nitrogens with zero attached hydrogens (tertiary/aromatic N) is 1. The van der Waals surface area contributed by atoms with E-state index in [1.807, 2.05) is 51.1 Å². The molecule has 0 aromatic heterocycles. The zero-order valence-corrected chi connectivity index (χ0v) is 12.8. The zero-order valence-electron chi connectivity index (χ0n) is 12.8. The first-order chi connectivity index (χ1) is 9.81. The van der Waals surface area contributed by atoms with Crippen LogP contribution in [0.25, 0.3) is 0 Å². The van der Waals surface area contributed by atoms with E-state index in [0.29, 0.717) is 13.0 Å². The largest absolute Gasteiger partial charge is 0.326 e. The van der Waals surface area contributed by atoms with Crippen LogP contribution >= 0.6 is 0 Å². The molecule has 1 aliphatic rings. The minimum atomic E-state index is -0.430. The maximum atomic E-state index is 11.9. The summed E-state index contributed by atoms with van der Waals surface area (Å²) in [6.07, 6.45) is 2.35. The van der Waals surface area contributed by atoms with Crippen LogP contribution in [-0.2, 0) is 9.59 Å². The lowest BCUT2D eigenvalue weighted by molar-refractivity contribution is -0.123. The summed E-state index contributed by atoms with van der Waals surface area (Å²) in [6.45, 7) is 10.0. The molecule has 1 fully saturated rings. The molecule has 1 aliphatic heterocycles. The highest BCUT2D eigenvalue weighted by Crippen LogP contribution is 2.27. The molecule has 21 heavy (non-hydrogen) atoms. The maximum Gasteiger partial charge on any atom is 0.229 e. The Labute approximate surface area is 125 Å². The van der Waals surface area contributed by atoms with Crippen molar-refractivity contribution in [2.75, 3.05) is 16.8 Å². The summed E-state index contributed by atoms with van der Waals surface area (Å²) >= 11 is 0. The van der Waals surface area contributed by atoms with Gasteiger partial charge in [-0.1, -0.05) is 26.8 Å². The summed E-state index contributed by atoms with van der Waals surface area (Å²) in [5.74, 6) is 0.309. The summed E-state index contributed by atoms with van der Waals surface area (Å²) in [7, 11) is 0. The van der Waals surface area contributed by atoms with Gasteiger partial charge in [0.1, 0.15) is 0 Å². The Balaban J connectivity index is 2.08. The van der Waals surface area contributed by atoms with Crippen molar-refractivity contribution in [1.29, 1.82) is 0 Å². The molecule has 2 amide bonds. The highest BCUT2D eigenvalue weighted by atomic mass is 16.2. The van der Waals surface area contributed by atoms with E-state index in [9.17, 15) is 9.59 Å². The summed E-state index contributed by atoms with van der Waals surface area (Å²) in [6, 6.07) is 7.38. The third kappa shape index (κ3) is 3.51. The molecule has 0 saturated carbocycles. The van der Waals surface area contributed by atoms with Crippen LogP contribution in [0.5, 0.6) is 0 Å². The third-order valence-electron chi connectivity index (χ3n) is 3.61. The number of anilines is 2. The second-order valence-corrected chi connectivity index (χ2v) is 6.46. The van der Waals surface area contributed by atoms with Gasteiger partial charge >= 0.3 is 0 Å². The first-order valence-electron chi connectivity index (χ1n) is 7.15. The van der Waals surface area contributed by atoms with Crippen LogP contribution in [0.15, 0.2) is 36.9 Å².